The van der Waals surface area contributed by atoms with E-state index in [1.54, 1.807) is 6.92 Å². The van der Waals surface area contributed by atoms with Crippen molar-refractivity contribution in [3.05, 3.63) is 29.8 Å². The first-order chi connectivity index (χ1) is 9.56. The van der Waals surface area contributed by atoms with Crippen LogP contribution in [-0.2, 0) is 20.7 Å². The maximum Gasteiger partial charge on any atom is 0.325 e. The lowest BCUT2D eigenvalue weighted by atomic mass is 10.1. The summed E-state index contributed by atoms with van der Waals surface area (Å²) in [6, 6.07) is 7.44. The molecule has 0 heterocycles. The first-order valence-corrected chi connectivity index (χ1v) is 6.84. The van der Waals surface area contributed by atoms with Crippen molar-refractivity contribution >= 4 is 17.6 Å². The average molecular weight is 278 g/mol. The zero-order valence-electron chi connectivity index (χ0n) is 12.1. The van der Waals surface area contributed by atoms with Gasteiger partial charge in [-0.25, -0.2) is 0 Å². The van der Waals surface area contributed by atoms with Crippen molar-refractivity contribution in [1.29, 1.82) is 0 Å². The number of anilines is 1. The van der Waals surface area contributed by atoms with E-state index in [1.165, 1.54) is 4.90 Å². The van der Waals surface area contributed by atoms with Gasteiger partial charge >= 0.3 is 5.97 Å². The number of hydrogen-bond donors (Lipinski definition) is 1. The van der Waals surface area contributed by atoms with Crippen molar-refractivity contribution in [2.24, 2.45) is 0 Å². The van der Waals surface area contributed by atoms with Gasteiger partial charge in [-0.15, -0.1) is 0 Å². The Hall–Kier alpha value is -2.04. The summed E-state index contributed by atoms with van der Waals surface area (Å²) >= 11 is 0. The van der Waals surface area contributed by atoms with Gasteiger partial charge in [-0.3, -0.25) is 9.59 Å². The van der Waals surface area contributed by atoms with Crippen molar-refractivity contribution < 1.29 is 14.3 Å². The van der Waals surface area contributed by atoms with Crippen LogP contribution in [0.4, 0.5) is 5.69 Å². The molecule has 1 aromatic carbocycles. The van der Waals surface area contributed by atoms with Gasteiger partial charge in [-0.1, -0.05) is 12.1 Å². The highest BCUT2D eigenvalue weighted by molar-refractivity contribution is 5.82. The summed E-state index contributed by atoms with van der Waals surface area (Å²) in [4.78, 5) is 25.0. The first kappa shape index (κ1) is 16.0. The Morgan fingerprint density at radius 2 is 1.85 bits per heavy atom. The van der Waals surface area contributed by atoms with Crippen LogP contribution in [0.1, 0.15) is 25.8 Å². The van der Waals surface area contributed by atoms with Gasteiger partial charge in [0, 0.05) is 18.7 Å². The Morgan fingerprint density at radius 3 is 2.40 bits per heavy atom. The largest absolute Gasteiger partial charge is 0.465 e. The van der Waals surface area contributed by atoms with Crippen LogP contribution < -0.4 is 5.73 Å². The molecule has 0 aliphatic rings. The Kier molecular flexibility index (Phi) is 6.56. The normalized spacial score (nSPS) is 10.1. The minimum atomic E-state index is -0.366. The van der Waals surface area contributed by atoms with Gasteiger partial charge in [0.25, 0.3) is 0 Å². The topological polar surface area (TPSA) is 72.6 Å². The molecule has 1 aromatic rings. The molecule has 1 rings (SSSR count). The molecule has 2 N–H and O–H groups in total. The van der Waals surface area contributed by atoms with Gasteiger partial charge in [0.1, 0.15) is 6.54 Å². The van der Waals surface area contributed by atoms with E-state index in [9.17, 15) is 9.59 Å². The second-order valence-electron chi connectivity index (χ2n) is 4.45. The van der Waals surface area contributed by atoms with E-state index in [1.807, 2.05) is 31.2 Å². The molecular formula is C15H22N2O3. The third-order valence-electron chi connectivity index (χ3n) is 2.97. The lowest BCUT2D eigenvalue weighted by Crippen LogP contribution is -2.36. The van der Waals surface area contributed by atoms with Gasteiger partial charge < -0.3 is 15.4 Å². The maximum atomic E-state index is 12.0. The summed E-state index contributed by atoms with van der Waals surface area (Å²) in [6.45, 7) is 4.44. The van der Waals surface area contributed by atoms with Crippen LogP contribution >= 0.6 is 0 Å². The third kappa shape index (κ3) is 5.30. The number of rotatable bonds is 7. The second kappa shape index (κ2) is 8.19. The first-order valence-electron chi connectivity index (χ1n) is 6.84. The van der Waals surface area contributed by atoms with Crippen LogP contribution in [0, 0.1) is 0 Å². The molecule has 0 aliphatic carbocycles. The van der Waals surface area contributed by atoms with Crippen LogP contribution in [0.15, 0.2) is 24.3 Å². The standard InChI is InChI=1S/C15H22N2O3/c1-3-17(11-15(19)20-4-2)14(18)10-7-12-5-8-13(16)9-6-12/h5-6,8-9H,3-4,7,10-11,16H2,1-2H3. The lowest BCUT2D eigenvalue weighted by molar-refractivity contribution is -0.148. The minimum absolute atomic E-state index is 0.0188. The minimum Gasteiger partial charge on any atom is -0.465 e. The van der Waals surface area contributed by atoms with E-state index in [4.69, 9.17) is 10.5 Å². The molecule has 0 aromatic heterocycles. The number of nitrogens with two attached hydrogens (primary N) is 1. The maximum absolute atomic E-state index is 12.0. The number of amides is 1. The summed E-state index contributed by atoms with van der Waals surface area (Å²) in [5.74, 6) is -0.410. The Balaban J connectivity index is 2.46. The number of likely N-dealkylation sites (N-methyl/N-ethyl adjacent to an activating group) is 1. The van der Waals surface area contributed by atoms with E-state index in [-0.39, 0.29) is 18.4 Å². The van der Waals surface area contributed by atoms with Crippen LogP contribution in [0.2, 0.25) is 0 Å². The third-order valence-corrected chi connectivity index (χ3v) is 2.97. The molecule has 5 heteroatoms. The van der Waals surface area contributed by atoms with Gasteiger partial charge in [-0.05, 0) is 38.0 Å². The summed E-state index contributed by atoms with van der Waals surface area (Å²) < 4.78 is 4.85. The molecule has 0 spiro atoms. The van der Waals surface area contributed by atoms with Crippen molar-refractivity contribution in [2.75, 3.05) is 25.4 Å². The van der Waals surface area contributed by atoms with E-state index >= 15 is 0 Å². The zero-order valence-corrected chi connectivity index (χ0v) is 12.1. The second-order valence-corrected chi connectivity index (χ2v) is 4.45. The van der Waals surface area contributed by atoms with Gasteiger partial charge in [0.05, 0.1) is 6.61 Å². The van der Waals surface area contributed by atoms with Crippen molar-refractivity contribution in [3.63, 3.8) is 0 Å². The highest BCUT2D eigenvalue weighted by Gasteiger charge is 2.15. The SMILES string of the molecule is CCOC(=O)CN(CC)C(=O)CCc1ccc(N)cc1. The van der Waals surface area contributed by atoms with E-state index < -0.39 is 0 Å². The molecule has 0 atom stereocenters. The molecule has 0 bridgehead atoms. The van der Waals surface area contributed by atoms with E-state index in [2.05, 4.69) is 0 Å². The number of hydrogen-bond acceptors (Lipinski definition) is 4. The van der Waals surface area contributed by atoms with Crippen LogP contribution in [-0.4, -0.2) is 36.5 Å². The number of nitrogen functional groups attached to an aromatic ring is 1. The van der Waals surface area contributed by atoms with Crippen molar-refractivity contribution in [1.82, 2.24) is 4.90 Å². The summed E-state index contributed by atoms with van der Waals surface area (Å²) in [5.41, 5.74) is 7.37. The predicted octanol–water partition coefficient (Wildman–Crippen LogP) is 1.61. The molecule has 1 amide bonds. The highest BCUT2D eigenvalue weighted by atomic mass is 16.5. The molecule has 110 valence electrons. The number of carbonyl (C=O) groups excluding carboxylic acids is 2. The van der Waals surface area contributed by atoms with Crippen LogP contribution in [0.3, 0.4) is 0 Å². The number of carbonyl (C=O) groups is 2. The molecule has 5 nitrogen and oxygen atoms in total. The number of esters is 1. The number of benzene rings is 1. The van der Waals surface area contributed by atoms with Crippen molar-refractivity contribution in [2.45, 2.75) is 26.7 Å². The quantitative estimate of drug-likeness (QED) is 0.607. The summed E-state index contributed by atoms with van der Waals surface area (Å²) in [6.07, 6.45) is 1.01. The van der Waals surface area contributed by atoms with E-state index in [0.29, 0.717) is 31.7 Å². The number of aryl methyl sites for hydroxylation is 1. The molecule has 0 radical (unpaired) electrons. The zero-order chi connectivity index (χ0) is 15.0. The molecule has 0 aliphatic heterocycles. The molecule has 0 fully saturated rings. The molecule has 20 heavy (non-hydrogen) atoms. The average Bonchev–Trinajstić information content (AvgIpc) is 2.44. The Labute approximate surface area is 119 Å². The van der Waals surface area contributed by atoms with Gasteiger partial charge in [0.2, 0.25) is 5.91 Å². The number of nitrogens with zero attached hydrogens (tertiary/aromatic N) is 1. The van der Waals surface area contributed by atoms with Crippen LogP contribution in [0.5, 0.6) is 0 Å². The molecular weight excluding hydrogens is 256 g/mol. The summed E-state index contributed by atoms with van der Waals surface area (Å²) in [5, 5.41) is 0. The molecule has 0 saturated carbocycles. The fourth-order valence-corrected chi connectivity index (χ4v) is 1.83. The fourth-order valence-electron chi connectivity index (χ4n) is 1.83. The number of ether oxygens (including phenoxy) is 1. The molecule has 0 saturated heterocycles. The molecule has 0 unspecified atom stereocenters. The predicted molar refractivity (Wildman–Crippen MR) is 78.1 cm³/mol. The fraction of sp³-hybridized carbons (Fsp3) is 0.467. The van der Waals surface area contributed by atoms with Crippen molar-refractivity contribution in [3.8, 4) is 0 Å². The monoisotopic (exact) mass is 278 g/mol. The highest BCUT2D eigenvalue weighted by Crippen LogP contribution is 2.09. The van der Waals surface area contributed by atoms with Gasteiger partial charge in [0.15, 0.2) is 0 Å². The smallest absolute Gasteiger partial charge is 0.325 e. The van der Waals surface area contributed by atoms with E-state index in [0.717, 1.165) is 5.56 Å². The summed E-state index contributed by atoms with van der Waals surface area (Å²) in [7, 11) is 0. The van der Waals surface area contributed by atoms with Gasteiger partial charge in [-0.2, -0.15) is 0 Å². The Bertz CT molecular complexity index is 443. The lowest BCUT2D eigenvalue weighted by Gasteiger charge is -2.19. The van der Waals surface area contributed by atoms with Crippen LogP contribution in [0.25, 0.3) is 0 Å². The Morgan fingerprint density at radius 1 is 1.20 bits per heavy atom.